The minimum Gasteiger partial charge on any atom is -0.367 e. The van der Waals surface area contributed by atoms with Crippen molar-refractivity contribution in [3.05, 3.63) is 0 Å². The molecule has 0 radical (unpaired) electrons. The fourth-order valence-electron chi connectivity index (χ4n) is 3.43. The highest BCUT2D eigenvalue weighted by Gasteiger charge is 2.48. The molecular weight excluding hydrogens is 296 g/mol. The van der Waals surface area contributed by atoms with Crippen LogP contribution in [0.3, 0.4) is 0 Å². The van der Waals surface area contributed by atoms with Crippen LogP contribution in [0.2, 0.25) is 0 Å². The first-order valence-electron chi connectivity index (χ1n) is 9.92. The Balaban J connectivity index is 5.24. The van der Waals surface area contributed by atoms with Gasteiger partial charge in [0.05, 0.1) is 5.60 Å². The van der Waals surface area contributed by atoms with E-state index < -0.39 is 6.29 Å². The second-order valence-electron chi connectivity index (χ2n) is 11.0. The Hall–Kier alpha value is -0.0800. The summed E-state index contributed by atoms with van der Waals surface area (Å²) in [5.41, 5.74) is -0.433. The van der Waals surface area contributed by atoms with E-state index in [0.29, 0.717) is 0 Å². The molecule has 0 amide bonds. The molecule has 0 heterocycles. The van der Waals surface area contributed by atoms with Gasteiger partial charge >= 0.3 is 0 Å². The Morgan fingerprint density at radius 1 is 0.917 bits per heavy atom. The number of rotatable bonds is 9. The molecule has 3 atom stereocenters. The van der Waals surface area contributed by atoms with Gasteiger partial charge in [-0.05, 0) is 42.9 Å². The van der Waals surface area contributed by atoms with Crippen molar-refractivity contribution in [2.45, 2.75) is 120 Å². The summed E-state index contributed by atoms with van der Waals surface area (Å²) in [6, 6.07) is 0. The number of aliphatic hydroxyl groups is 1. The zero-order valence-electron chi connectivity index (χ0n) is 18.5. The summed E-state index contributed by atoms with van der Waals surface area (Å²) in [4.78, 5) is 0. The monoisotopic (exact) mass is 342 g/mol. The van der Waals surface area contributed by atoms with Gasteiger partial charge in [0, 0.05) is 5.41 Å². The lowest BCUT2D eigenvalue weighted by molar-refractivity contribution is -0.261. The van der Waals surface area contributed by atoms with Gasteiger partial charge in [-0.2, -0.15) is 0 Å². The maximum Gasteiger partial charge on any atom is 0.161 e. The average Bonchev–Trinajstić information content (AvgIpc) is 2.34. The van der Waals surface area contributed by atoms with Crippen LogP contribution in [0.5, 0.6) is 0 Å². The highest BCUT2D eigenvalue weighted by atomic mass is 16.6. The minimum absolute atomic E-state index is 0.0354. The second-order valence-corrected chi connectivity index (χ2v) is 11.0. The summed E-state index contributed by atoms with van der Waals surface area (Å²) in [5, 5.41) is 11.1. The molecule has 0 aliphatic heterocycles. The smallest absolute Gasteiger partial charge is 0.161 e. The fraction of sp³-hybridized carbons (Fsp3) is 1.00. The van der Waals surface area contributed by atoms with E-state index in [1.807, 2.05) is 0 Å². The number of ether oxygens (including phenoxy) is 1. The predicted octanol–water partition coefficient (Wildman–Crippen LogP) is 6.81. The maximum atomic E-state index is 11.1. The van der Waals surface area contributed by atoms with Crippen LogP contribution in [0.4, 0.5) is 0 Å². The highest BCUT2D eigenvalue weighted by molar-refractivity contribution is 4.93. The van der Waals surface area contributed by atoms with Gasteiger partial charge in [-0.3, -0.25) is 0 Å². The molecule has 24 heavy (non-hydrogen) atoms. The Kier molecular flexibility index (Phi) is 8.51. The third-order valence-electron chi connectivity index (χ3n) is 5.79. The molecule has 0 aromatic carbocycles. The molecule has 0 spiro atoms. The standard InChI is InChI=1S/C22H46O2/c1-12-21(10,15-13-14-17(2)3)24-18(23)22(11,20(7,8)9)16-19(4,5)6/h17-18,23H,12-16H2,1-11H3. The highest BCUT2D eigenvalue weighted by Crippen LogP contribution is 2.50. The minimum atomic E-state index is -0.749. The van der Waals surface area contributed by atoms with Gasteiger partial charge in [-0.1, -0.05) is 82.1 Å². The Morgan fingerprint density at radius 2 is 1.42 bits per heavy atom. The van der Waals surface area contributed by atoms with E-state index in [1.165, 1.54) is 6.42 Å². The first-order chi connectivity index (χ1) is 10.6. The molecule has 0 bridgehead atoms. The van der Waals surface area contributed by atoms with E-state index in [-0.39, 0.29) is 21.8 Å². The SMILES string of the molecule is CCC(C)(CCCC(C)C)OC(O)C(C)(CC(C)(C)C)C(C)(C)C. The van der Waals surface area contributed by atoms with Crippen LogP contribution < -0.4 is 0 Å². The summed E-state index contributed by atoms with van der Waals surface area (Å²) in [7, 11) is 0. The number of aliphatic hydroxyl groups excluding tert-OH is 1. The lowest BCUT2D eigenvalue weighted by Gasteiger charge is -2.50. The zero-order valence-corrected chi connectivity index (χ0v) is 18.5. The first-order valence-corrected chi connectivity index (χ1v) is 9.92. The number of hydrogen-bond donors (Lipinski definition) is 1. The summed E-state index contributed by atoms with van der Waals surface area (Å²) in [6.45, 7) is 24.4. The first kappa shape index (κ1) is 23.9. The lowest BCUT2D eigenvalue weighted by atomic mass is 9.60. The largest absolute Gasteiger partial charge is 0.367 e. The molecular formula is C22H46O2. The molecule has 0 aromatic heterocycles. The second kappa shape index (κ2) is 8.54. The molecule has 0 saturated heterocycles. The van der Waals surface area contributed by atoms with Crippen molar-refractivity contribution >= 4 is 0 Å². The molecule has 0 aromatic rings. The van der Waals surface area contributed by atoms with Gasteiger partial charge in [0.15, 0.2) is 6.29 Å². The molecule has 1 N–H and O–H groups in total. The lowest BCUT2D eigenvalue weighted by Crippen LogP contribution is -2.50. The number of hydrogen-bond acceptors (Lipinski definition) is 2. The summed E-state index contributed by atoms with van der Waals surface area (Å²) in [5.74, 6) is 0.719. The summed E-state index contributed by atoms with van der Waals surface area (Å²) >= 11 is 0. The van der Waals surface area contributed by atoms with Gasteiger partial charge in [0.2, 0.25) is 0 Å². The predicted molar refractivity (Wildman–Crippen MR) is 106 cm³/mol. The van der Waals surface area contributed by atoms with Crippen molar-refractivity contribution in [3.8, 4) is 0 Å². The van der Waals surface area contributed by atoms with Gasteiger partial charge in [-0.15, -0.1) is 0 Å². The Morgan fingerprint density at radius 3 is 1.75 bits per heavy atom. The van der Waals surface area contributed by atoms with Crippen LogP contribution in [-0.2, 0) is 4.74 Å². The van der Waals surface area contributed by atoms with Gasteiger partial charge in [-0.25, -0.2) is 0 Å². The molecule has 0 saturated carbocycles. The summed E-state index contributed by atoms with van der Waals surface area (Å²) < 4.78 is 6.36. The molecule has 146 valence electrons. The Bertz CT molecular complexity index is 361. The maximum absolute atomic E-state index is 11.1. The van der Waals surface area contributed by atoms with Crippen LogP contribution in [0.25, 0.3) is 0 Å². The van der Waals surface area contributed by atoms with E-state index in [1.54, 1.807) is 0 Å². The third kappa shape index (κ3) is 7.44. The molecule has 0 rings (SSSR count). The zero-order chi connectivity index (χ0) is 19.4. The quantitative estimate of drug-likeness (QED) is 0.467. The van der Waals surface area contributed by atoms with Crippen molar-refractivity contribution in [2.24, 2.45) is 22.2 Å². The van der Waals surface area contributed by atoms with Gasteiger partial charge in [0.25, 0.3) is 0 Å². The molecule has 0 aliphatic rings. The molecule has 2 heteroatoms. The van der Waals surface area contributed by atoms with Crippen LogP contribution in [0.1, 0.15) is 108 Å². The van der Waals surface area contributed by atoms with Gasteiger partial charge < -0.3 is 9.84 Å². The van der Waals surface area contributed by atoms with E-state index in [0.717, 1.165) is 31.6 Å². The average molecular weight is 343 g/mol. The summed E-state index contributed by atoms with van der Waals surface area (Å²) in [6.07, 6.45) is 4.48. The molecule has 3 unspecified atom stereocenters. The fourth-order valence-corrected chi connectivity index (χ4v) is 3.43. The van der Waals surface area contributed by atoms with Crippen LogP contribution in [-0.4, -0.2) is 17.0 Å². The van der Waals surface area contributed by atoms with E-state index >= 15 is 0 Å². The van der Waals surface area contributed by atoms with Gasteiger partial charge in [0.1, 0.15) is 0 Å². The van der Waals surface area contributed by atoms with Crippen molar-refractivity contribution in [1.82, 2.24) is 0 Å². The van der Waals surface area contributed by atoms with E-state index in [9.17, 15) is 5.11 Å². The molecule has 0 aliphatic carbocycles. The normalized spacial score (nSPS) is 19.9. The van der Waals surface area contributed by atoms with Crippen LogP contribution in [0, 0.1) is 22.2 Å². The Labute approximate surface area is 152 Å². The van der Waals surface area contributed by atoms with Crippen molar-refractivity contribution in [2.75, 3.05) is 0 Å². The van der Waals surface area contributed by atoms with Crippen molar-refractivity contribution in [1.29, 1.82) is 0 Å². The van der Waals surface area contributed by atoms with E-state index in [4.69, 9.17) is 4.74 Å². The van der Waals surface area contributed by atoms with Crippen molar-refractivity contribution < 1.29 is 9.84 Å². The van der Waals surface area contributed by atoms with Crippen LogP contribution in [0.15, 0.2) is 0 Å². The molecule has 0 fully saturated rings. The van der Waals surface area contributed by atoms with Crippen LogP contribution >= 0.6 is 0 Å². The molecule has 2 nitrogen and oxygen atoms in total. The van der Waals surface area contributed by atoms with Crippen molar-refractivity contribution in [3.63, 3.8) is 0 Å². The topological polar surface area (TPSA) is 29.5 Å². The van der Waals surface area contributed by atoms with E-state index in [2.05, 4.69) is 76.2 Å². The third-order valence-corrected chi connectivity index (χ3v) is 5.79.